The largest absolute Gasteiger partial charge is 0.244 e. The van der Waals surface area contributed by atoms with Crippen molar-refractivity contribution in [3.05, 3.63) is 23.9 Å². The van der Waals surface area contributed by atoms with Crippen molar-refractivity contribution in [3.63, 3.8) is 0 Å². The lowest BCUT2D eigenvalue weighted by atomic mass is 10.2. The first-order valence-electron chi connectivity index (χ1n) is 3.75. The first-order valence-corrected chi connectivity index (χ1v) is 6.76. The standard InChI is InChI=1S/C8H10BrNO2S/c1-13(11,12)8-3-2-7(4-5-9)6-10-8/h2-3,6H,4-5H2,1H3. The number of hydrogen-bond acceptors (Lipinski definition) is 3. The summed E-state index contributed by atoms with van der Waals surface area (Å²) < 4.78 is 22.1. The van der Waals surface area contributed by atoms with Crippen molar-refractivity contribution in [1.82, 2.24) is 4.98 Å². The van der Waals surface area contributed by atoms with Gasteiger partial charge in [0.2, 0.25) is 0 Å². The second-order valence-corrected chi connectivity index (χ2v) is 5.47. The van der Waals surface area contributed by atoms with E-state index in [9.17, 15) is 8.42 Å². The van der Waals surface area contributed by atoms with Crippen LogP contribution in [0.2, 0.25) is 0 Å². The van der Waals surface area contributed by atoms with E-state index in [4.69, 9.17) is 0 Å². The molecule has 0 spiro atoms. The molecule has 0 fully saturated rings. The third-order valence-corrected chi connectivity index (χ3v) is 2.96. The van der Waals surface area contributed by atoms with Crippen LogP contribution in [-0.2, 0) is 16.3 Å². The van der Waals surface area contributed by atoms with E-state index in [1.165, 1.54) is 6.07 Å². The number of alkyl halides is 1. The molecule has 0 bridgehead atoms. The molecule has 72 valence electrons. The van der Waals surface area contributed by atoms with Gasteiger partial charge in [0.05, 0.1) is 0 Å². The van der Waals surface area contributed by atoms with E-state index in [0.29, 0.717) is 0 Å². The van der Waals surface area contributed by atoms with Crippen molar-refractivity contribution in [3.8, 4) is 0 Å². The Bertz CT molecular complexity index is 372. The lowest BCUT2D eigenvalue weighted by Gasteiger charge is -1.99. The van der Waals surface area contributed by atoms with Crippen LogP contribution in [0.15, 0.2) is 23.4 Å². The van der Waals surface area contributed by atoms with E-state index in [2.05, 4.69) is 20.9 Å². The maximum Gasteiger partial charge on any atom is 0.192 e. The molecule has 1 aromatic rings. The van der Waals surface area contributed by atoms with Gasteiger partial charge in [0, 0.05) is 17.8 Å². The summed E-state index contributed by atoms with van der Waals surface area (Å²) in [4.78, 5) is 3.86. The van der Waals surface area contributed by atoms with E-state index in [-0.39, 0.29) is 5.03 Å². The summed E-state index contributed by atoms with van der Waals surface area (Å²) in [5.41, 5.74) is 1.03. The zero-order chi connectivity index (χ0) is 9.90. The topological polar surface area (TPSA) is 47.0 Å². The summed E-state index contributed by atoms with van der Waals surface area (Å²) >= 11 is 3.30. The number of rotatable bonds is 3. The highest BCUT2D eigenvalue weighted by Crippen LogP contribution is 2.07. The van der Waals surface area contributed by atoms with Crippen molar-refractivity contribution in [2.75, 3.05) is 11.6 Å². The normalized spacial score (nSPS) is 11.5. The summed E-state index contributed by atoms with van der Waals surface area (Å²) in [5, 5.41) is 0.984. The molecule has 0 aliphatic heterocycles. The van der Waals surface area contributed by atoms with Gasteiger partial charge in [0.15, 0.2) is 14.9 Å². The summed E-state index contributed by atoms with van der Waals surface area (Å²) in [6.45, 7) is 0. The Morgan fingerprint density at radius 1 is 1.46 bits per heavy atom. The molecule has 3 nitrogen and oxygen atoms in total. The van der Waals surface area contributed by atoms with Crippen molar-refractivity contribution in [2.24, 2.45) is 0 Å². The maximum absolute atomic E-state index is 11.0. The Morgan fingerprint density at radius 2 is 2.15 bits per heavy atom. The molecule has 0 aliphatic carbocycles. The SMILES string of the molecule is CS(=O)(=O)c1ccc(CCBr)cn1. The lowest BCUT2D eigenvalue weighted by molar-refractivity contribution is 0.598. The third kappa shape index (κ3) is 3.08. The Kier molecular flexibility index (Phi) is 3.44. The molecule has 0 amide bonds. The van der Waals surface area contributed by atoms with Crippen LogP contribution in [-0.4, -0.2) is 25.0 Å². The molecule has 0 radical (unpaired) electrons. The van der Waals surface area contributed by atoms with Gasteiger partial charge in [-0.05, 0) is 18.1 Å². The molecule has 0 N–H and O–H groups in total. The van der Waals surface area contributed by atoms with Crippen molar-refractivity contribution < 1.29 is 8.42 Å². The predicted octanol–water partition coefficient (Wildman–Crippen LogP) is 1.42. The van der Waals surface area contributed by atoms with Crippen LogP contribution in [0.4, 0.5) is 0 Å². The molecule has 0 unspecified atom stereocenters. The fraction of sp³-hybridized carbons (Fsp3) is 0.375. The zero-order valence-electron chi connectivity index (χ0n) is 7.20. The molecule has 1 rings (SSSR count). The first kappa shape index (κ1) is 10.7. The molecular formula is C8H10BrNO2S. The van der Waals surface area contributed by atoms with Crippen LogP contribution >= 0.6 is 15.9 Å². The average Bonchev–Trinajstić information content (AvgIpc) is 2.04. The highest BCUT2D eigenvalue weighted by atomic mass is 79.9. The highest BCUT2D eigenvalue weighted by Gasteiger charge is 2.07. The van der Waals surface area contributed by atoms with Crippen molar-refractivity contribution in [2.45, 2.75) is 11.4 Å². The van der Waals surface area contributed by atoms with Crippen LogP contribution < -0.4 is 0 Å². The van der Waals surface area contributed by atoms with Gasteiger partial charge in [-0.1, -0.05) is 22.0 Å². The van der Waals surface area contributed by atoms with Gasteiger partial charge in [-0.25, -0.2) is 13.4 Å². The Balaban J connectivity index is 2.94. The summed E-state index contributed by atoms with van der Waals surface area (Å²) in [7, 11) is -3.16. The Morgan fingerprint density at radius 3 is 2.54 bits per heavy atom. The van der Waals surface area contributed by atoms with Gasteiger partial charge < -0.3 is 0 Å². The van der Waals surface area contributed by atoms with Crippen LogP contribution in [0, 0.1) is 0 Å². The van der Waals surface area contributed by atoms with E-state index in [1.807, 2.05) is 0 Å². The molecular weight excluding hydrogens is 254 g/mol. The van der Waals surface area contributed by atoms with Crippen molar-refractivity contribution in [1.29, 1.82) is 0 Å². The number of pyridine rings is 1. The molecule has 0 aromatic carbocycles. The fourth-order valence-electron chi connectivity index (χ4n) is 0.887. The zero-order valence-corrected chi connectivity index (χ0v) is 9.60. The molecule has 0 saturated heterocycles. The molecule has 0 atom stereocenters. The molecule has 0 aliphatic rings. The minimum atomic E-state index is -3.16. The number of sulfone groups is 1. The maximum atomic E-state index is 11.0. The average molecular weight is 264 g/mol. The summed E-state index contributed by atoms with van der Waals surface area (Å²) in [6, 6.07) is 3.32. The summed E-state index contributed by atoms with van der Waals surface area (Å²) in [5.74, 6) is 0. The highest BCUT2D eigenvalue weighted by molar-refractivity contribution is 9.09. The fourth-order valence-corrected chi connectivity index (χ4v) is 1.90. The molecule has 13 heavy (non-hydrogen) atoms. The van der Waals surface area contributed by atoms with Gasteiger partial charge in [-0.2, -0.15) is 0 Å². The van der Waals surface area contributed by atoms with E-state index < -0.39 is 9.84 Å². The number of aryl methyl sites for hydroxylation is 1. The minimum Gasteiger partial charge on any atom is -0.244 e. The van der Waals surface area contributed by atoms with Gasteiger partial charge >= 0.3 is 0 Å². The number of aromatic nitrogens is 1. The van der Waals surface area contributed by atoms with Gasteiger partial charge in [-0.15, -0.1) is 0 Å². The quantitative estimate of drug-likeness (QED) is 0.776. The van der Waals surface area contributed by atoms with Gasteiger partial charge in [0.1, 0.15) is 0 Å². The molecule has 1 aromatic heterocycles. The molecule has 1 heterocycles. The van der Waals surface area contributed by atoms with E-state index >= 15 is 0 Å². The van der Waals surface area contributed by atoms with Crippen LogP contribution in [0.1, 0.15) is 5.56 Å². The first-order chi connectivity index (χ1) is 6.04. The van der Waals surface area contributed by atoms with Crippen LogP contribution in [0.3, 0.4) is 0 Å². The van der Waals surface area contributed by atoms with Crippen LogP contribution in [0.25, 0.3) is 0 Å². The smallest absolute Gasteiger partial charge is 0.192 e. The monoisotopic (exact) mass is 263 g/mol. The minimum absolute atomic E-state index is 0.130. The van der Waals surface area contributed by atoms with Gasteiger partial charge in [-0.3, -0.25) is 0 Å². The number of hydrogen-bond donors (Lipinski definition) is 0. The number of halogens is 1. The third-order valence-electron chi connectivity index (χ3n) is 1.56. The second-order valence-electron chi connectivity index (χ2n) is 2.72. The van der Waals surface area contributed by atoms with Crippen molar-refractivity contribution >= 4 is 25.8 Å². The van der Waals surface area contributed by atoms with E-state index in [0.717, 1.165) is 23.6 Å². The van der Waals surface area contributed by atoms with Crippen LogP contribution in [0.5, 0.6) is 0 Å². The predicted molar refractivity (Wildman–Crippen MR) is 54.8 cm³/mol. The second kappa shape index (κ2) is 4.19. The summed E-state index contributed by atoms with van der Waals surface area (Å²) in [6.07, 6.45) is 3.61. The Hall–Kier alpha value is -0.420. The Labute approximate surface area is 86.2 Å². The van der Waals surface area contributed by atoms with E-state index in [1.54, 1.807) is 12.3 Å². The molecule has 0 saturated carbocycles. The van der Waals surface area contributed by atoms with Gasteiger partial charge in [0.25, 0.3) is 0 Å². The number of nitrogens with zero attached hydrogens (tertiary/aromatic N) is 1. The lowest BCUT2D eigenvalue weighted by Crippen LogP contribution is -2.00. The molecule has 5 heteroatoms.